The van der Waals surface area contributed by atoms with E-state index in [0.717, 1.165) is 6.92 Å². The van der Waals surface area contributed by atoms with Gasteiger partial charge in [-0.3, -0.25) is 4.79 Å². The van der Waals surface area contributed by atoms with Crippen LogP contribution in [0.2, 0.25) is 0 Å². The lowest BCUT2D eigenvalue weighted by molar-refractivity contribution is -0.150. The van der Waals surface area contributed by atoms with Crippen LogP contribution in [0.25, 0.3) is 0 Å². The first-order chi connectivity index (χ1) is 6.29. The summed E-state index contributed by atoms with van der Waals surface area (Å²) in [5, 5.41) is 0. The molecule has 0 unspecified atom stereocenters. The maximum atomic E-state index is 12.7. The summed E-state index contributed by atoms with van der Waals surface area (Å²) in [6.07, 6.45) is -0.121. The van der Waals surface area contributed by atoms with Gasteiger partial charge in [0, 0.05) is 0 Å². The van der Waals surface area contributed by atoms with Crippen LogP contribution >= 0.6 is 0 Å². The van der Waals surface area contributed by atoms with Crippen LogP contribution in [0.15, 0.2) is 12.8 Å². The van der Waals surface area contributed by atoms with E-state index >= 15 is 0 Å². The number of halogens is 4. The van der Waals surface area contributed by atoms with E-state index in [-0.39, 0.29) is 0 Å². The largest absolute Gasteiger partial charge is 0.434 e. The fourth-order valence-electron chi connectivity index (χ4n) is 1.49. The molecule has 1 aliphatic carbocycles. The smallest absolute Gasteiger partial charge is 0.333 e. The minimum atomic E-state index is -4.32. The molecule has 0 aromatic heterocycles. The zero-order chi connectivity index (χ0) is 11.2. The van der Waals surface area contributed by atoms with E-state index in [1.807, 2.05) is 0 Å². The van der Waals surface area contributed by atoms with E-state index in [2.05, 4.69) is 11.3 Å². The van der Waals surface area contributed by atoms with Gasteiger partial charge in [0.05, 0.1) is 6.26 Å². The highest BCUT2D eigenvalue weighted by atomic mass is 19.3. The van der Waals surface area contributed by atoms with Crippen LogP contribution in [0, 0.1) is 5.41 Å². The number of rotatable bonds is 3. The van der Waals surface area contributed by atoms with Crippen LogP contribution in [0.3, 0.4) is 0 Å². The molecule has 0 N–H and O–H groups in total. The van der Waals surface area contributed by atoms with Crippen LogP contribution in [-0.2, 0) is 9.53 Å². The van der Waals surface area contributed by atoms with Crippen LogP contribution in [-0.4, -0.2) is 17.8 Å². The summed E-state index contributed by atoms with van der Waals surface area (Å²) < 4.78 is 54.9. The quantitative estimate of drug-likeness (QED) is 0.407. The highest BCUT2D eigenvalue weighted by Gasteiger charge is 2.99. The molecule has 0 heterocycles. The van der Waals surface area contributed by atoms with E-state index in [1.54, 1.807) is 0 Å². The average Bonchev–Trinajstić information content (AvgIpc) is 2.40. The van der Waals surface area contributed by atoms with Crippen molar-refractivity contribution < 1.29 is 27.1 Å². The lowest BCUT2D eigenvalue weighted by atomic mass is 10.0. The second-order valence-corrected chi connectivity index (χ2v) is 2.98. The summed E-state index contributed by atoms with van der Waals surface area (Å²) in [6.45, 7) is 4.02. The summed E-state index contributed by atoms with van der Waals surface area (Å²) in [6, 6.07) is 0. The molecule has 2 nitrogen and oxygen atoms in total. The summed E-state index contributed by atoms with van der Waals surface area (Å²) in [4.78, 5) is 10.9. The zero-order valence-corrected chi connectivity index (χ0v) is 7.32. The van der Waals surface area contributed by atoms with Crippen molar-refractivity contribution in [3.8, 4) is 0 Å². The molecule has 14 heavy (non-hydrogen) atoms. The van der Waals surface area contributed by atoms with E-state index in [4.69, 9.17) is 0 Å². The molecule has 0 spiro atoms. The van der Waals surface area contributed by atoms with E-state index < -0.39 is 29.7 Å². The second kappa shape index (κ2) is 2.71. The second-order valence-electron chi connectivity index (χ2n) is 2.98. The van der Waals surface area contributed by atoms with Crippen molar-refractivity contribution in [1.29, 1.82) is 0 Å². The minimum Gasteiger partial charge on any atom is -0.434 e. The highest BCUT2D eigenvalue weighted by molar-refractivity contribution is 5.85. The van der Waals surface area contributed by atoms with Crippen molar-refractivity contribution in [2.75, 3.05) is 0 Å². The summed E-state index contributed by atoms with van der Waals surface area (Å²) in [5.41, 5.74) is -3.01. The number of alkyl halides is 4. The Balaban J connectivity index is 3.04. The van der Waals surface area contributed by atoms with Crippen molar-refractivity contribution in [3.05, 3.63) is 12.8 Å². The Labute approximate surface area is 77.5 Å². The number of hydrogen-bond donors (Lipinski definition) is 0. The van der Waals surface area contributed by atoms with Gasteiger partial charge in [0.2, 0.25) is 5.41 Å². The van der Waals surface area contributed by atoms with Crippen LogP contribution in [0.5, 0.6) is 0 Å². The van der Waals surface area contributed by atoms with Gasteiger partial charge < -0.3 is 4.74 Å². The molecule has 0 aromatic rings. The third-order valence-electron chi connectivity index (χ3n) is 2.47. The zero-order valence-electron chi connectivity index (χ0n) is 7.32. The fourth-order valence-corrected chi connectivity index (χ4v) is 1.49. The number of hydrogen-bond acceptors (Lipinski definition) is 2. The Morgan fingerprint density at radius 2 is 1.79 bits per heavy atom. The van der Waals surface area contributed by atoms with Crippen LogP contribution in [0.1, 0.15) is 13.3 Å². The number of esters is 1. The molecule has 0 atom stereocenters. The standard InChI is InChI=1S/C8H8F4O2/c1-3-6(5(13)14-4-2)7(9,10)8(6,11)12/h4H,2-3H2,1H3. The molecule has 0 aliphatic heterocycles. The first kappa shape index (κ1) is 11.0. The predicted octanol–water partition coefficient (Wildman–Crippen LogP) is 2.35. The third kappa shape index (κ3) is 0.835. The van der Waals surface area contributed by atoms with Crippen molar-refractivity contribution in [3.63, 3.8) is 0 Å². The van der Waals surface area contributed by atoms with E-state index in [0.29, 0.717) is 6.26 Å². The number of carbonyl (C=O) groups excluding carboxylic acids is 1. The Morgan fingerprint density at radius 3 is 2.00 bits per heavy atom. The topological polar surface area (TPSA) is 26.3 Å². The molecule has 80 valence electrons. The Kier molecular flexibility index (Phi) is 2.13. The first-order valence-electron chi connectivity index (χ1n) is 3.87. The van der Waals surface area contributed by atoms with Crippen molar-refractivity contribution >= 4 is 5.97 Å². The van der Waals surface area contributed by atoms with Gasteiger partial charge in [-0.15, -0.1) is 0 Å². The molecule has 1 aliphatic rings. The van der Waals surface area contributed by atoms with Gasteiger partial charge in [0.15, 0.2) is 0 Å². The number of carbonyl (C=O) groups is 1. The van der Waals surface area contributed by atoms with Crippen molar-refractivity contribution in [1.82, 2.24) is 0 Å². The van der Waals surface area contributed by atoms with Crippen molar-refractivity contribution in [2.24, 2.45) is 5.41 Å². The van der Waals surface area contributed by atoms with Crippen molar-refractivity contribution in [2.45, 2.75) is 25.2 Å². The molecule has 6 heteroatoms. The van der Waals surface area contributed by atoms with Gasteiger partial charge in [-0.1, -0.05) is 13.5 Å². The predicted molar refractivity (Wildman–Crippen MR) is 38.9 cm³/mol. The maximum absolute atomic E-state index is 12.7. The van der Waals surface area contributed by atoms with Gasteiger partial charge in [0.25, 0.3) is 0 Å². The normalized spacial score (nSPS) is 25.2. The van der Waals surface area contributed by atoms with Gasteiger partial charge >= 0.3 is 17.8 Å². The van der Waals surface area contributed by atoms with Gasteiger partial charge in [-0.25, -0.2) is 0 Å². The molecule has 0 amide bonds. The summed E-state index contributed by atoms with van der Waals surface area (Å²) in [5.74, 6) is -10.3. The highest BCUT2D eigenvalue weighted by Crippen LogP contribution is 2.74. The van der Waals surface area contributed by atoms with Gasteiger partial charge in [-0.05, 0) is 6.42 Å². The van der Waals surface area contributed by atoms with Gasteiger partial charge in [-0.2, -0.15) is 17.6 Å². The Bertz CT molecular complexity index is 271. The molecular weight excluding hydrogens is 204 g/mol. The number of ether oxygens (including phenoxy) is 1. The lowest BCUT2D eigenvalue weighted by Crippen LogP contribution is -2.25. The van der Waals surface area contributed by atoms with Gasteiger partial charge in [0.1, 0.15) is 0 Å². The van der Waals surface area contributed by atoms with Crippen LogP contribution in [0.4, 0.5) is 17.6 Å². The monoisotopic (exact) mass is 212 g/mol. The first-order valence-corrected chi connectivity index (χ1v) is 3.87. The maximum Gasteiger partial charge on any atom is 0.333 e. The SMILES string of the molecule is C=COC(=O)C1(CC)C(F)(F)C1(F)F. The molecule has 0 bridgehead atoms. The third-order valence-corrected chi connectivity index (χ3v) is 2.47. The minimum absolute atomic E-state index is 0.560. The average molecular weight is 212 g/mol. The molecule has 0 radical (unpaired) electrons. The Morgan fingerprint density at radius 1 is 1.36 bits per heavy atom. The van der Waals surface area contributed by atoms with E-state index in [9.17, 15) is 22.4 Å². The fraction of sp³-hybridized carbons (Fsp3) is 0.625. The lowest BCUT2D eigenvalue weighted by Gasteiger charge is -2.08. The molecule has 1 saturated carbocycles. The molecule has 1 rings (SSSR count). The van der Waals surface area contributed by atoms with E-state index in [1.165, 1.54) is 0 Å². The summed E-state index contributed by atoms with van der Waals surface area (Å²) >= 11 is 0. The van der Waals surface area contributed by atoms with Crippen LogP contribution < -0.4 is 0 Å². The molecule has 1 fully saturated rings. The molecular formula is C8H8F4O2. The summed E-state index contributed by atoms with van der Waals surface area (Å²) in [7, 11) is 0. The Hall–Kier alpha value is -1.07. The molecule has 0 aromatic carbocycles. The molecule has 0 saturated heterocycles.